The molecule has 2 aromatic carbocycles. The second-order valence-electron chi connectivity index (χ2n) is 8.46. The molecule has 1 unspecified atom stereocenters. The predicted molar refractivity (Wildman–Crippen MR) is 125 cm³/mol. The predicted octanol–water partition coefficient (Wildman–Crippen LogP) is 4.37. The fraction of sp³-hybridized carbons (Fsp3) is 0.360. The van der Waals surface area contributed by atoms with Crippen molar-refractivity contribution in [3.8, 4) is 0 Å². The Morgan fingerprint density at radius 1 is 0.938 bits per heavy atom. The third-order valence-electron chi connectivity index (χ3n) is 6.13. The van der Waals surface area contributed by atoms with E-state index in [1.807, 2.05) is 12.1 Å². The lowest BCUT2D eigenvalue weighted by atomic mass is 10.2. The zero-order valence-corrected chi connectivity index (χ0v) is 19.0. The molecule has 7 nitrogen and oxygen atoms in total. The molecule has 7 heteroatoms. The number of aromatic nitrogens is 3. The number of benzene rings is 2. The number of rotatable bonds is 7. The Morgan fingerprint density at radius 3 is 2.31 bits per heavy atom. The van der Waals surface area contributed by atoms with Crippen LogP contribution in [0.15, 0.2) is 70.8 Å². The molecular formula is C25H30N7+. The summed E-state index contributed by atoms with van der Waals surface area (Å²) in [5.74, 6) is 3.71. The molecule has 0 aliphatic carbocycles. The van der Waals surface area contributed by atoms with Crippen molar-refractivity contribution in [2.75, 3.05) is 0 Å². The van der Waals surface area contributed by atoms with Crippen LogP contribution in [0.25, 0.3) is 0 Å². The molecule has 0 saturated carbocycles. The molecule has 164 valence electrons. The Labute approximate surface area is 189 Å². The second kappa shape index (κ2) is 8.57. The summed E-state index contributed by atoms with van der Waals surface area (Å²) in [5, 5.41) is 11.9. The van der Waals surface area contributed by atoms with Crippen LogP contribution < -0.4 is 4.57 Å². The molecule has 32 heavy (non-hydrogen) atoms. The largest absolute Gasteiger partial charge is 0.388 e. The van der Waals surface area contributed by atoms with Gasteiger partial charge in [0.15, 0.2) is 6.17 Å². The molecule has 0 radical (unpaired) electrons. The first kappa shape index (κ1) is 20.4. The Kier molecular flexibility index (Phi) is 5.47. The third kappa shape index (κ3) is 3.68. The number of hydrogen-bond acceptors (Lipinski definition) is 5. The summed E-state index contributed by atoms with van der Waals surface area (Å²) in [7, 11) is 0. The number of aryl methyl sites for hydroxylation is 1. The number of guanidine groups is 1. The van der Waals surface area contributed by atoms with Gasteiger partial charge in [0.05, 0.1) is 13.1 Å². The van der Waals surface area contributed by atoms with E-state index in [9.17, 15) is 0 Å². The van der Waals surface area contributed by atoms with Gasteiger partial charge in [-0.3, -0.25) is 4.90 Å². The molecule has 1 atom stereocenters. The Morgan fingerprint density at radius 2 is 1.62 bits per heavy atom. The Hall–Kier alpha value is -3.48. The van der Waals surface area contributed by atoms with E-state index in [-0.39, 0.29) is 6.17 Å². The molecule has 2 aliphatic heterocycles. The van der Waals surface area contributed by atoms with Crippen LogP contribution >= 0.6 is 0 Å². The summed E-state index contributed by atoms with van der Waals surface area (Å²) < 4.78 is 4.28. The van der Waals surface area contributed by atoms with Crippen LogP contribution in [0.1, 0.15) is 56.2 Å². The summed E-state index contributed by atoms with van der Waals surface area (Å²) >= 11 is 0. The molecule has 5 rings (SSSR count). The summed E-state index contributed by atoms with van der Waals surface area (Å²) in [6.45, 7) is 7.85. The number of fused-ring (bicyclic) bond motifs is 2. The van der Waals surface area contributed by atoms with Crippen LogP contribution in [0.4, 0.5) is 5.95 Å². The van der Waals surface area contributed by atoms with Crippen LogP contribution in [0.5, 0.6) is 0 Å². The van der Waals surface area contributed by atoms with Gasteiger partial charge in [-0.05, 0) is 29.6 Å². The zero-order valence-electron chi connectivity index (χ0n) is 19.0. The van der Waals surface area contributed by atoms with E-state index < -0.39 is 0 Å². The maximum Gasteiger partial charge on any atom is 0.388 e. The van der Waals surface area contributed by atoms with Crippen molar-refractivity contribution in [3.05, 3.63) is 77.6 Å². The zero-order chi connectivity index (χ0) is 22.1. The SMILES string of the molecule is CCCCC1N2N=C(C)N(Cc3ccccc3)C2=Nc2n1nc(C)[n+]2Cc1ccccc1. The van der Waals surface area contributed by atoms with Gasteiger partial charge in [0, 0.05) is 13.3 Å². The van der Waals surface area contributed by atoms with E-state index in [1.54, 1.807) is 0 Å². The van der Waals surface area contributed by atoms with Crippen molar-refractivity contribution in [2.24, 2.45) is 10.1 Å². The first-order valence-electron chi connectivity index (χ1n) is 11.4. The summed E-state index contributed by atoms with van der Waals surface area (Å²) in [6, 6.07) is 21.0. The highest BCUT2D eigenvalue weighted by Gasteiger charge is 2.45. The van der Waals surface area contributed by atoms with Gasteiger partial charge in [-0.15, -0.1) is 0 Å². The highest BCUT2D eigenvalue weighted by Crippen LogP contribution is 2.34. The lowest BCUT2D eigenvalue weighted by molar-refractivity contribution is -0.682. The van der Waals surface area contributed by atoms with Crippen molar-refractivity contribution in [2.45, 2.75) is 59.3 Å². The maximum atomic E-state index is 5.13. The van der Waals surface area contributed by atoms with Crippen LogP contribution in [0, 0.1) is 6.92 Å². The van der Waals surface area contributed by atoms with Gasteiger partial charge in [-0.1, -0.05) is 83.7 Å². The quantitative estimate of drug-likeness (QED) is 0.525. The molecule has 2 aliphatic rings. The summed E-state index contributed by atoms with van der Waals surface area (Å²) in [5.41, 5.74) is 2.48. The first-order valence-corrected chi connectivity index (χ1v) is 11.4. The minimum Gasteiger partial charge on any atom is -0.282 e. The summed E-state index contributed by atoms with van der Waals surface area (Å²) in [4.78, 5) is 7.34. The lowest BCUT2D eigenvalue weighted by Gasteiger charge is -2.27. The smallest absolute Gasteiger partial charge is 0.282 e. The topological polar surface area (TPSA) is 52.9 Å². The van der Waals surface area contributed by atoms with Gasteiger partial charge in [0.2, 0.25) is 5.82 Å². The van der Waals surface area contributed by atoms with Gasteiger partial charge in [-0.2, -0.15) is 10.1 Å². The molecular weight excluding hydrogens is 398 g/mol. The normalized spacial score (nSPS) is 17.2. The number of hydrazone groups is 1. The van der Waals surface area contributed by atoms with E-state index in [2.05, 4.69) is 88.5 Å². The van der Waals surface area contributed by atoms with Gasteiger partial charge in [-0.25, -0.2) is 4.57 Å². The second-order valence-corrected chi connectivity index (χ2v) is 8.46. The van der Waals surface area contributed by atoms with E-state index in [1.165, 1.54) is 11.1 Å². The van der Waals surface area contributed by atoms with Crippen LogP contribution in [0.2, 0.25) is 0 Å². The molecule has 3 heterocycles. The number of hydrogen-bond donors (Lipinski definition) is 0. The van der Waals surface area contributed by atoms with Gasteiger partial charge < -0.3 is 0 Å². The van der Waals surface area contributed by atoms with Crippen molar-refractivity contribution in [1.82, 2.24) is 19.7 Å². The number of nitrogens with zero attached hydrogens (tertiary/aromatic N) is 7. The van der Waals surface area contributed by atoms with E-state index in [4.69, 9.17) is 15.2 Å². The first-order chi connectivity index (χ1) is 15.7. The van der Waals surface area contributed by atoms with E-state index in [0.29, 0.717) is 0 Å². The lowest BCUT2D eigenvalue weighted by Crippen LogP contribution is -2.45. The van der Waals surface area contributed by atoms with Gasteiger partial charge in [0.1, 0.15) is 5.84 Å². The van der Waals surface area contributed by atoms with Crippen molar-refractivity contribution in [3.63, 3.8) is 0 Å². The van der Waals surface area contributed by atoms with Crippen molar-refractivity contribution in [1.29, 1.82) is 0 Å². The molecule has 0 spiro atoms. The number of unbranched alkanes of at least 4 members (excludes halogenated alkanes) is 1. The number of aliphatic imine (C=N–C) groups is 1. The van der Waals surface area contributed by atoms with Crippen molar-refractivity contribution >= 4 is 17.7 Å². The van der Waals surface area contributed by atoms with Gasteiger partial charge in [0.25, 0.3) is 5.96 Å². The fourth-order valence-electron chi connectivity index (χ4n) is 4.40. The molecule has 0 amide bonds. The molecule has 1 aromatic heterocycles. The fourth-order valence-corrected chi connectivity index (χ4v) is 4.40. The Bertz CT molecular complexity index is 1150. The van der Waals surface area contributed by atoms with Gasteiger partial charge >= 0.3 is 5.95 Å². The average Bonchev–Trinajstić information content (AvgIpc) is 3.29. The number of amidine groups is 1. The monoisotopic (exact) mass is 428 g/mol. The van der Waals surface area contributed by atoms with E-state index >= 15 is 0 Å². The third-order valence-corrected chi connectivity index (χ3v) is 6.13. The van der Waals surface area contributed by atoms with Crippen LogP contribution in [0.3, 0.4) is 0 Å². The van der Waals surface area contributed by atoms with Crippen molar-refractivity contribution < 1.29 is 4.57 Å². The average molecular weight is 429 g/mol. The molecule has 0 saturated heterocycles. The Balaban J connectivity index is 1.56. The molecule has 0 N–H and O–H groups in total. The standard InChI is InChI=1S/C25H30N7/c1-4-5-16-23-31-24(29(19(2)27-31)17-21-12-8-6-9-13-21)26-25-30(20(3)28-32(23)25)18-22-14-10-7-11-15-22/h6-15,23H,4-5,16-18H2,1-3H3/q+1. The molecule has 0 fully saturated rings. The van der Waals surface area contributed by atoms with Crippen LogP contribution in [-0.4, -0.2) is 31.5 Å². The molecule has 0 bridgehead atoms. The maximum absolute atomic E-state index is 5.13. The highest BCUT2D eigenvalue weighted by atomic mass is 15.7. The molecule has 3 aromatic rings. The minimum atomic E-state index is 0.0314. The van der Waals surface area contributed by atoms with Crippen LogP contribution in [-0.2, 0) is 13.1 Å². The summed E-state index contributed by atoms with van der Waals surface area (Å²) in [6.07, 6.45) is 3.25. The highest BCUT2D eigenvalue weighted by molar-refractivity contribution is 6.03. The van der Waals surface area contributed by atoms with E-state index in [0.717, 1.165) is 55.9 Å². The minimum absolute atomic E-state index is 0.0314.